The van der Waals surface area contributed by atoms with Gasteiger partial charge in [-0.15, -0.1) is 0 Å². The third kappa shape index (κ3) is 3.75. The molecule has 2 bridgehead atoms. The lowest BCUT2D eigenvalue weighted by Crippen LogP contribution is -2.36. The van der Waals surface area contributed by atoms with Crippen molar-refractivity contribution in [2.75, 3.05) is 18.6 Å². The summed E-state index contributed by atoms with van der Waals surface area (Å²) < 4.78 is 0. The monoisotopic (exact) mass is 253 g/mol. The van der Waals surface area contributed by atoms with Gasteiger partial charge in [-0.25, -0.2) is 0 Å². The quantitative estimate of drug-likeness (QED) is 0.523. The van der Waals surface area contributed by atoms with E-state index in [1.807, 2.05) is 11.8 Å². The maximum Gasteiger partial charge on any atom is 0.00728 e. The first kappa shape index (κ1) is 13.5. The fourth-order valence-electron chi connectivity index (χ4n) is 3.43. The molecular weight excluding hydrogens is 226 g/mol. The molecule has 1 nitrogen and oxygen atoms in total. The number of hydrogen-bond donors (Lipinski definition) is 1. The summed E-state index contributed by atoms with van der Waals surface area (Å²) in [6.07, 6.45) is 14.1. The smallest absolute Gasteiger partial charge is 0.00728 e. The van der Waals surface area contributed by atoms with E-state index in [-0.39, 0.29) is 0 Å². The second-order valence-corrected chi connectivity index (χ2v) is 6.73. The highest BCUT2D eigenvalue weighted by molar-refractivity contribution is 7.98. The van der Waals surface area contributed by atoms with E-state index in [4.69, 9.17) is 0 Å². The van der Waals surface area contributed by atoms with Gasteiger partial charge in [-0.2, -0.15) is 11.8 Å². The average molecular weight is 253 g/mol. The summed E-state index contributed by atoms with van der Waals surface area (Å²) in [5.74, 6) is 4.04. The van der Waals surface area contributed by atoms with Crippen LogP contribution in [-0.2, 0) is 0 Å². The molecule has 2 heteroatoms. The van der Waals surface area contributed by atoms with Gasteiger partial charge >= 0.3 is 0 Å². The summed E-state index contributed by atoms with van der Waals surface area (Å²) in [6.45, 7) is 3.61. The lowest BCUT2D eigenvalue weighted by atomic mass is 9.87. The normalized spacial score (nSPS) is 32.2. The Labute approximate surface area is 111 Å². The molecule has 1 saturated carbocycles. The van der Waals surface area contributed by atoms with Crippen molar-refractivity contribution in [3.8, 4) is 0 Å². The molecular formula is C15H27NS. The molecule has 2 rings (SSSR count). The van der Waals surface area contributed by atoms with Gasteiger partial charge in [0.2, 0.25) is 0 Å². The van der Waals surface area contributed by atoms with Gasteiger partial charge in [-0.05, 0) is 68.9 Å². The molecule has 4 unspecified atom stereocenters. The van der Waals surface area contributed by atoms with Crippen molar-refractivity contribution < 1.29 is 0 Å². The van der Waals surface area contributed by atoms with Crippen molar-refractivity contribution in [2.45, 2.75) is 45.1 Å². The Hall–Kier alpha value is 0.0500. The zero-order valence-corrected chi connectivity index (χ0v) is 12.1. The van der Waals surface area contributed by atoms with E-state index >= 15 is 0 Å². The van der Waals surface area contributed by atoms with Gasteiger partial charge in [-0.3, -0.25) is 0 Å². The summed E-state index contributed by atoms with van der Waals surface area (Å²) in [4.78, 5) is 0. The summed E-state index contributed by atoms with van der Waals surface area (Å²) >= 11 is 1.97. The van der Waals surface area contributed by atoms with E-state index in [0.717, 1.165) is 23.8 Å². The first-order valence-corrected chi connectivity index (χ1v) is 8.61. The molecule has 0 spiro atoms. The van der Waals surface area contributed by atoms with Crippen LogP contribution in [-0.4, -0.2) is 24.6 Å². The molecule has 98 valence electrons. The maximum atomic E-state index is 3.75. The summed E-state index contributed by atoms with van der Waals surface area (Å²) in [5.41, 5.74) is 0. The van der Waals surface area contributed by atoms with Gasteiger partial charge in [0.1, 0.15) is 0 Å². The van der Waals surface area contributed by atoms with Crippen molar-refractivity contribution in [3.63, 3.8) is 0 Å². The van der Waals surface area contributed by atoms with Crippen LogP contribution in [0.4, 0.5) is 0 Å². The van der Waals surface area contributed by atoms with Crippen LogP contribution >= 0.6 is 11.8 Å². The van der Waals surface area contributed by atoms with Crippen LogP contribution in [0.2, 0.25) is 0 Å². The van der Waals surface area contributed by atoms with E-state index in [9.17, 15) is 0 Å². The Kier molecular flexibility index (Phi) is 5.43. The van der Waals surface area contributed by atoms with Crippen LogP contribution in [0, 0.1) is 17.8 Å². The Balaban J connectivity index is 1.55. The Morgan fingerprint density at radius 3 is 2.76 bits per heavy atom. The van der Waals surface area contributed by atoms with Crippen molar-refractivity contribution in [1.29, 1.82) is 0 Å². The van der Waals surface area contributed by atoms with E-state index in [0.29, 0.717) is 0 Å². The minimum atomic E-state index is 0.718. The number of allylic oxidation sites excluding steroid dienone is 2. The highest BCUT2D eigenvalue weighted by Crippen LogP contribution is 2.44. The number of unbranched alkanes of at least 4 members (excludes halogenated alkanes) is 2. The van der Waals surface area contributed by atoms with Crippen LogP contribution in [0.5, 0.6) is 0 Å². The molecule has 4 atom stereocenters. The van der Waals surface area contributed by atoms with Crippen molar-refractivity contribution >= 4 is 11.8 Å². The molecule has 2 aliphatic carbocycles. The maximum absolute atomic E-state index is 3.75. The minimum absolute atomic E-state index is 0.718. The van der Waals surface area contributed by atoms with Crippen molar-refractivity contribution in [2.24, 2.45) is 17.8 Å². The van der Waals surface area contributed by atoms with E-state index < -0.39 is 0 Å². The van der Waals surface area contributed by atoms with Gasteiger partial charge in [0.05, 0.1) is 0 Å². The highest BCUT2D eigenvalue weighted by Gasteiger charge is 2.38. The lowest BCUT2D eigenvalue weighted by Gasteiger charge is -2.26. The van der Waals surface area contributed by atoms with Crippen LogP contribution in [0.1, 0.15) is 39.0 Å². The standard InChI is InChI=1S/C15H27NS/c1-12(16-8-4-3-5-9-17-2)15-11-13-6-7-14(15)10-13/h6-7,12-16H,3-5,8-11H2,1-2H3. The Morgan fingerprint density at radius 2 is 2.12 bits per heavy atom. The molecule has 17 heavy (non-hydrogen) atoms. The molecule has 0 aromatic heterocycles. The number of nitrogens with one attached hydrogen (secondary N) is 1. The first-order valence-electron chi connectivity index (χ1n) is 7.22. The Morgan fingerprint density at radius 1 is 1.24 bits per heavy atom. The third-order valence-corrected chi connectivity index (χ3v) is 5.16. The molecule has 0 aromatic carbocycles. The molecule has 0 radical (unpaired) electrons. The van der Waals surface area contributed by atoms with E-state index in [1.165, 1.54) is 44.4 Å². The predicted molar refractivity (Wildman–Crippen MR) is 78.5 cm³/mol. The van der Waals surface area contributed by atoms with Gasteiger partial charge in [0.15, 0.2) is 0 Å². The topological polar surface area (TPSA) is 12.0 Å². The van der Waals surface area contributed by atoms with Crippen LogP contribution < -0.4 is 5.32 Å². The predicted octanol–water partition coefficient (Wildman–Crippen LogP) is 3.71. The van der Waals surface area contributed by atoms with Gasteiger partial charge in [0.25, 0.3) is 0 Å². The molecule has 0 aromatic rings. The average Bonchev–Trinajstić information content (AvgIpc) is 2.95. The second kappa shape index (κ2) is 6.84. The molecule has 0 aliphatic heterocycles. The number of fused-ring (bicyclic) bond motifs is 2. The summed E-state index contributed by atoms with van der Waals surface area (Å²) in [5, 5.41) is 3.75. The fraction of sp³-hybridized carbons (Fsp3) is 0.867. The van der Waals surface area contributed by atoms with Crippen LogP contribution in [0.3, 0.4) is 0 Å². The summed E-state index contributed by atoms with van der Waals surface area (Å²) in [7, 11) is 0. The zero-order valence-electron chi connectivity index (χ0n) is 11.3. The molecule has 1 N–H and O–H groups in total. The number of thioether (sulfide) groups is 1. The largest absolute Gasteiger partial charge is 0.314 e. The van der Waals surface area contributed by atoms with Gasteiger partial charge in [0, 0.05) is 6.04 Å². The Bertz CT molecular complexity index is 251. The fourth-order valence-corrected chi connectivity index (χ4v) is 3.92. The highest BCUT2D eigenvalue weighted by atomic mass is 32.2. The SMILES string of the molecule is CSCCCCCNC(C)C1CC2C=CC1C2. The lowest BCUT2D eigenvalue weighted by molar-refractivity contribution is 0.326. The molecule has 0 heterocycles. The second-order valence-electron chi connectivity index (χ2n) is 5.74. The van der Waals surface area contributed by atoms with Crippen molar-refractivity contribution in [3.05, 3.63) is 12.2 Å². The van der Waals surface area contributed by atoms with E-state index in [1.54, 1.807) is 0 Å². The van der Waals surface area contributed by atoms with Crippen LogP contribution in [0.25, 0.3) is 0 Å². The number of rotatable bonds is 8. The molecule has 2 aliphatic rings. The van der Waals surface area contributed by atoms with E-state index in [2.05, 4.69) is 30.6 Å². The number of hydrogen-bond acceptors (Lipinski definition) is 2. The zero-order chi connectivity index (χ0) is 12.1. The molecule has 1 fully saturated rings. The third-order valence-electron chi connectivity index (χ3n) is 4.46. The van der Waals surface area contributed by atoms with Gasteiger partial charge < -0.3 is 5.32 Å². The molecule has 0 amide bonds. The summed E-state index contributed by atoms with van der Waals surface area (Å²) in [6, 6.07) is 0.718. The van der Waals surface area contributed by atoms with Gasteiger partial charge in [-0.1, -0.05) is 18.6 Å². The molecule has 0 saturated heterocycles. The van der Waals surface area contributed by atoms with Crippen molar-refractivity contribution in [1.82, 2.24) is 5.32 Å². The van der Waals surface area contributed by atoms with Crippen LogP contribution in [0.15, 0.2) is 12.2 Å². The minimum Gasteiger partial charge on any atom is -0.314 e. The first-order chi connectivity index (χ1) is 8.31.